The Labute approximate surface area is 207 Å². The maximum Gasteiger partial charge on any atom is 0.241 e. The van der Waals surface area contributed by atoms with Crippen LogP contribution in [0.5, 0.6) is 0 Å². The van der Waals surface area contributed by atoms with Gasteiger partial charge in [-0.2, -0.15) is 5.26 Å². The summed E-state index contributed by atoms with van der Waals surface area (Å²) in [5.74, 6) is 0.785. The molecule has 180 valence electrons. The summed E-state index contributed by atoms with van der Waals surface area (Å²) in [6.07, 6.45) is 7.28. The first-order chi connectivity index (χ1) is 16.9. The number of aromatic nitrogens is 2. The molecule has 0 radical (unpaired) electrons. The highest BCUT2D eigenvalue weighted by molar-refractivity contribution is 5.97. The number of imidazole rings is 1. The van der Waals surface area contributed by atoms with E-state index in [1.807, 2.05) is 41.7 Å². The topological polar surface area (TPSA) is 65.2 Å². The van der Waals surface area contributed by atoms with E-state index >= 15 is 0 Å². The molecule has 1 saturated carbocycles. The van der Waals surface area contributed by atoms with E-state index in [1.165, 1.54) is 17.5 Å². The number of hydrogen-bond donors (Lipinski definition) is 0. The number of anilines is 1. The van der Waals surface area contributed by atoms with E-state index in [0.29, 0.717) is 31.1 Å². The second-order valence-corrected chi connectivity index (χ2v) is 10.2. The Hall–Kier alpha value is -3.43. The minimum absolute atomic E-state index is 0.0314. The molecule has 1 aromatic heterocycles. The average molecular weight is 468 g/mol. The molecule has 1 aliphatic heterocycles. The Kier molecular flexibility index (Phi) is 6.21. The van der Waals surface area contributed by atoms with Crippen molar-refractivity contribution in [1.82, 2.24) is 14.5 Å². The van der Waals surface area contributed by atoms with Gasteiger partial charge < -0.3 is 9.47 Å². The molecular formula is C29H33N5O. The van der Waals surface area contributed by atoms with Gasteiger partial charge in [0.15, 0.2) is 0 Å². The lowest BCUT2D eigenvalue weighted by Crippen LogP contribution is -2.58. The van der Waals surface area contributed by atoms with Gasteiger partial charge in [0.25, 0.3) is 0 Å². The molecule has 2 atom stereocenters. The maximum atomic E-state index is 13.4. The van der Waals surface area contributed by atoms with E-state index in [4.69, 9.17) is 5.26 Å². The molecule has 2 fully saturated rings. The molecule has 2 aliphatic rings. The number of hydrogen-bond acceptors (Lipinski definition) is 4. The Morgan fingerprint density at radius 2 is 1.94 bits per heavy atom. The Balaban J connectivity index is 1.39. The van der Waals surface area contributed by atoms with Crippen molar-refractivity contribution in [3.05, 3.63) is 82.9 Å². The van der Waals surface area contributed by atoms with E-state index < -0.39 is 0 Å². The van der Waals surface area contributed by atoms with E-state index in [2.05, 4.69) is 59.5 Å². The summed E-state index contributed by atoms with van der Waals surface area (Å²) in [4.78, 5) is 22.3. The molecule has 0 bridgehead atoms. The van der Waals surface area contributed by atoms with Crippen LogP contribution in [0, 0.1) is 31.1 Å². The van der Waals surface area contributed by atoms with Crippen LogP contribution in [-0.4, -0.2) is 39.0 Å². The second-order valence-electron chi connectivity index (χ2n) is 10.2. The molecule has 1 spiro atoms. The fourth-order valence-electron chi connectivity index (χ4n) is 5.70. The molecule has 5 rings (SSSR count). The quantitative estimate of drug-likeness (QED) is 0.499. The smallest absolute Gasteiger partial charge is 0.241 e. The molecule has 1 saturated heterocycles. The lowest BCUT2D eigenvalue weighted by atomic mass is 10.0. The summed E-state index contributed by atoms with van der Waals surface area (Å²) in [6, 6.07) is 16.1. The van der Waals surface area contributed by atoms with Crippen LogP contribution in [0.15, 0.2) is 55.0 Å². The normalized spacial score (nSPS) is 21.9. The molecule has 1 amide bonds. The van der Waals surface area contributed by atoms with Crippen LogP contribution in [0.1, 0.15) is 54.1 Å². The van der Waals surface area contributed by atoms with Crippen molar-refractivity contribution in [1.29, 1.82) is 5.26 Å². The van der Waals surface area contributed by atoms with Crippen molar-refractivity contribution < 1.29 is 4.79 Å². The van der Waals surface area contributed by atoms with Gasteiger partial charge in [-0.25, -0.2) is 4.98 Å². The van der Waals surface area contributed by atoms with Crippen molar-refractivity contribution in [2.24, 2.45) is 5.92 Å². The van der Waals surface area contributed by atoms with Gasteiger partial charge in [0, 0.05) is 37.1 Å². The SMILES string of the molecule is CCCC1CC12CN(c1cccc(C)c1C)C(=O)CN2Cc1cncn1Cc1ccc(C#N)cc1. The van der Waals surface area contributed by atoms with E-state index in [1.54, 1.807) is 0 Å². The Morgan fingerprint density at radius 3 is 2.69 bits per heavy atom. The fourth-order valence-corrected chi connectivity index (χ4v) is 5.70. The lowest BCUT2D eigenvalue weighted by Gasteiger charge is -2.43. The van der Waals surface area contributed by atoms with Crippen LogP contribution < -0.4 is 4.90 Å². The highest BCUT2D eigenvalue weighted by Gasteiger charge is 2.61. The fraction of sp³-hybridized carbons (Fsp3) is 0.414. The predicted octanol–water partition coefficient (Wildman–Crippen LogP) is 4.83. The molecule has 35 heavy (non-hydrogen) atoms. The number of benzene rings is 2. The van der Waals surface area contributed by atoms with Crippen molar-refractivity contribution in [3.63, 3.8) is 0 Å². The minimum Gasteiger partial charge on any atom is -0.329 e. The summed E-state index contributed by atoms with van der Waals surface area (Å²) in [7, 11) is 0. The summed E-state index contributed by atoms with van der Waals surface area (Å²) < 4.78 is 2.16. The molecule has 2 unspecified atom stereocenters. The Bertz CT molecular complexity index is 1270. The number of carbonyl (C=O) groups is 1. The van der Waals surface area contributed by atoms with Crippen LogP contribution >= 0.6 is 0 Å². The highest BCUT2D eigenvalue weighted by Crippen LogP contribution is 2.54. The minimum atomic E-state index is 0.0314. The number of aryl methyl sites for hydroxylation is 1. The van der Waals surface area contributed by atoms with Crippen molar-refractivity contribution >= 4 is 11.6 Å². The van der Waals surface area contributed by atoms with Gasteiger partial charge in [-0.3, -0.25) is 9.69 Å². The second kappa shape index (κ2) is 9.31. The van der Waals surface area contributed by atoms with E-state index in [-0.39, 0.29) is 11.4 Å². The van der Waals surface area contributed by atoms with Crippen LogP contribution in [0.2, 0.25) is 0 Å². The third-order valence-corrected chi connectivity index (χ3v) is 7.98. The number of amides is 1. The average Bonchev–Trinajstić information content (AvgIpc) is 3.36. The van der Waals surface area contributed by atoms with Gasteiger partial charge in [-0.15, -0.1) is 0 Å². The molecular weight excluding hydrogens is 434 g/mol. The van der Waals surface area contributed by atoms with Crippen molar-refractivity contribution in [3.8, 4) is 6.07 Å². The summed E-state index contributed by atoms with van der Waals surface area (Å²) in [6.45, 7) is 9.07. The number of carbonyl (C=O) groups excluding carboxylic acids is 1. The zero-order chi connectivity index (χ0) is 24.6. The van der Waals surface area contributed by atoms with E-state index in [0.717, 1.165) is 36.3 Å². The van der Waals surface area contributed by atoms with Gasteiger partial charge in [0.1, 0.15) is 0 Å². The van der Waals surface area contributed by atoms with Crippen LogP contribution in [0.4, 0.5) is 5.69 Å². The molecule has 2 aromatic carbocycles. The first-order valence-electron chi connectivity index (χ1n) is 12.5. The third kappa shape index (κ3) is 4.37. The number of piperazine rings is 1. The summed E-state index contributed by atoms with van der Waals surface area (Å²) in [5, 5.41) is 9.07. The lowest BCUT2D eigenvalue weighted by molar-refractivity contribution is -0.123. The molecule has 1 aliphatic carbocycles. The third-order valence-electron chi connectivity index (χ3n) is 7.98. The highest BCUT2D eigenvalue weighted by atomic mass is 16.2. The van der Waals surface area contributed by atoms with Gasteiger partial charge in [0.2, 0.25) is 5.91 Å². The number of rotatable bonds is 7. The standard InChI is InChI=1S/C29H33N5O/c1-4-6-25-13-29(25)19-34(27-8-5-7-21(2)22(27)3)28(35)18-33(29)17-26-15-31-20-32(26)16-24-11-9-23(14-30)10-12-24/h5,7-12,15,20,25H,4,6,13,16-19H2,1-3H3. The first-order valence-corrected chi connectivity index (χ1v) is 12.5. The molecule has 3 aromatic rings. The molecule has 6 heteroatoms. The summed E-state index contributed by atoms with van der Waals surface area (Å²) >= 11 is 0. The number of nitriles is 1. The monoisotopic (exact) mass is 467 g/mol. The largest absolute Gasteiger partial charge is 0.329 e. The zero-order valence-corrected chi connectivity index (χ0v) is 20.9. The number of nitrogens with zero attached hydrogens (tertiary/aromatic N) is 5. The maximum absolute atomic E-state index is 13.4. The summed E-state index contributed by atoms with van der Waals surface area (Å²) in [5.41, 5.74) is 6.41. The van der Waals surface area contributed by atoms with Crippen molar-refractivity contribution in [2.75, 3.05) is 18.0 Å². The van der Waals surface area contributed by atoms with Crippen molar-refractivity contribution in [2.45, 2.75) is 58.7 Å². The Morgan fingerprint density at radius 1 is 1.14 bits per heavy atom. The van der Waals surface area contributed by atoms with Gasteiger partial charge in [0.05, 0.1) is 30.2 Å². The first kappa shape index (κ1) is 23.3. The zero-order valence-electron chi connectivity index (χ0n) is 20.9. The molecule has 6 nitrogen and oxygen atoms in total. The van der Waals surface area contributed by atoms with Gasteiger partial charge >= 0.3 is 0 Å². The van der Waals surface area contributed by atoms with Gasteiger partial charge in [-0.05, 0) is 67.5 Å². The van der Waals surface area contributed by atoms with Crippen LogP contribution in [-0.2, 0) is 17.9 Å². The van der Waals surface area contributed by atoms with Crippen LogP contribution in [0.25, 0.3) is 0 Å². The van der Waals surface area contributed by atoms with Gasteiger partial charge in [-0.1, -0.05) is 37.6 Å². The molecule has 2 heterocycles. The van der Waals surface area contributed by atoms with E-state index in [9.17, 15) is 4.79 Å². The predicted molar refractivity (Wildman–Crippen MR) is 137 cm³/mol. The molecule has 0 N–H and O–H groups in total. The van der Waals surface area contributed by atoms with Crippen LogP contribution in [0.3, 0.4) is 0 Å².